The molecule has 9 nitrogen and oxygen atoms in total. The minimum Gasteiger partial charge on any atom is -0.451 e. The average molecular weight is 407 g/mol. The van der Waals surface area contributed by atoms with E-state index in [9.17, 15) is 14.4 Å². The van der Waals surface area contributed by atoms with Gasteiger partial charge in [-0.3, -0.25) is 9.59 Å². The number of hydrogen-bond donors (Lipinski definition) is 2. The molecule has 1 heterocycles. The number of amides is 2. The zero-order valence-corrected chi connectivity index (χ0v) is 16.4. The molecule has 2 aromatic carbocycles. The van der Waals surface area contributed by atoms with E-state index in [0.717, 1.165) is 5.56 Å². The number of nitrogens with zero attached hydrogens (tertiary/aromatic N) is 3. The van der Waals surface area contributed by atoms with E-state index in [1.165, 1.54) is 10.9 Å². The minimum absolute atomic E-state index is 0.0111. The summed E-state index contributed by atoms with van der Waals surface area (Å²) >= 11 is 0. The molecule has 9 heteroatoms. The zero-order valence-electron chi connectivity index (χ0n) is 16.4. The topological polar surface area (TPSA) is 115 Å². The second kappa shape index (κ2) is 9.97. The lowest BCUT2D eigenvalue weighted by Gasteiger charge is -2.08. The molecule has 0 radical (unpaired) electrons. The summed E-state index contributed by atoms with van der Waals surface area (Å²) in [5.41, 5.74) is 1.86. The first kappa shape index (κ1) is 20.7. The summed E-state index contributed by atoms with van der Waals surface area (Å²) in [7, 11) is 0. The predicted molar refractivity (Wildman–Crippen MR) is 109 cm³/mol. The smallest absolute Gasteiger partial charge is 0.361 e. The lowest BCUT2D eigenvalue weighted by Crippen LogP contribution is -2.23. The standard InChI is InChI=1S/C21H21N5O4/c1-2-22-20(28)16-9-6-10-17(11-16)23-19(27)14-30-21(29)18-13-26(25-24-18)12-15-7-4-3-5-8-15/h3-11,13H,2,12,14H2,1H3,(H,22,28)(H,23,27). The molecule has 0 aliphatic heterocycles. The molecule has 2 N–H and O–H groups in total. The van der Waals surface area contributed by atoms with Crippen molar-refractivity contribution in [1.29, 1.82) is 0 Å². The number of aromatic nitrogens is 3. The summed E-state index contributed by atoms with van der Waals surface area (Å²) < 4.78 is 6.51. The van der Waals surface area contributed by atoms with Crippen LogP contribution in [0.1, 0.15) is 33.3 Å². The molecule has 30 heavy (non-hydrogen) atoms. The van der Waals surface area contributed by atoms with Crippen molar-refractivity contribution in [3.63, 3.8) is 0 Å². The van der Waals surface area contributed by atoms with Crippen molar-refractivity contribution in [3.05, 3.63) is 77.6 Å². The fourth-order valence-corrected chi connectivity index (χ4v) is 2.64. The van der Waals surface area contributed by atoms with E-state index in [4.69, 9.17) is 4.74 Å². The molecule has 0 unspecified atom stereocenters. The van der Waals surface area contributed by atoms with Gasteiger partial charge in [0.05, 0.1) is 12.7 Å². The van der Waals surface area contributed by atoms with Crippen LogP contribution < -0.4 is 10.6 Å². The number of rotatable bonds is 8. The molecule has 2 amide bonds. The van der Waals surface area contributed by atoms with Crippen LogP contribution in [0.3, 0.4) is 0 Å². The predicted octanol–water partition coefficient (Wildman–Crippen LogP) is 1.87. The Balaban J connectivity index is 1.51. The van der Waals surface area contributed by atoms with Crippen LogP contribution in [-0.2, 0) is 16.1 Å². The zero-order chi connectivity index (χ0) is 21.3. The third-order valence-corrected chi connectivity index (χ3v) is 4.02. The molecule has 0 spiro atoms. The number of benzene rings is 2. The summed E-state index contributed by atoms with van der Waals surface area (Å²) in [5, 5.41) is 12.9. The van der Waals surface area contributed by atoms with Crippen LogP contribution in [0.25, 0.3) is 0 Å². The average Bonchev–Trinajstić information content (AvgIpc) is 3.22. The fourth-order valence-electron chi connectivity index (χ4n) is 2.64. The van der Waals surface area contributed by atoms with Crippen LogP contribution in [0.5, 0.6) is 0 Å². The first-order valence-corrected chi connectivity index (χ1v) is 9.34. The molecule has 3 rings (SSSR count). The summed E-state index contributed by atoms with van der Waals surface area (Å²) in [6.07, 6.45) is 1.46. The van der Waals surface area contributed by atoms with Gasteiger partial charge in [0.15, 0.2) is 12.3 Å². The summed E-state index contributed by atoms with van der Waals surface area (Å²) in [6, 6.07) is 16.1. The molecule has 0 fully saturated rings. The summed E-state index contributed by atoms with van der Waals surface area (Å²) in [6.45, 7) is 2.29. The Kier molecular flexibility index (Phi) is 6.88. The van der Waals surface area contributed by atoms with Crippen molar-refractivity contribution < 1.29 is 19.1 Å². The second-order valence-electron chi connectivity index (χ2n) is 6.35. The number of carbonyl (C=O) groups excluding carboxylic acids is 3. The highest BCUT2D eigenvalue weighted by atomic mass is 16.5. The molecule has 0 aliphatic carbocycles. The van der Waals surface area contributed by atoms with Gasteiger partial charge in [0.25, 0.3) is 11.8 Å². The number of esters is 1. The van der Waals surface area contributed by atoms with E-state index in [1.54, 1.807) is 24.3 Å². The quantitative estimate of drug-likeness (QED) is 0.551. The Bertz CT molecular complexity index is 1030. The highest BCUT2D eigenvalue weighted by molar-refractivity contribution is 5.98. The Morgan fingerprint density at radius 1 is 1.07 bits per heavy atom. The lowest BCUT2D eigenvalue weighted by molar-refractivity contribution is -0.119. The maximum Gasteiger partial charge on any atom is 0.361 e. The Hall–Kier alpha value is -4.01. The first-order chi connectivity index (χ1) is 14.5. The van der Waals surface area contributed by atoms with Gasteiger partial charge in [-0.15, -0.1) is 5.10 Å². The number of anilines is 1. The Labute approximate surface area is 173 Å². The molecule has 3 aromatic rings. The monoisotopic (exact) mass is 407 g/mol. The maximum atomic E-state index is 12.1. The third-order valence-electron chi connectivity index (χ3n) is 4.02. The summed E-state index contributed by atoms with van der Waals surface area (Å²) in [5.74, 6) is -1.52. The van der Waals surface area contributed by atoms with Gasteiger partial charge in [-0.25, -0.2) is 9.48 Å². The molecule has 0 atom stereocenters. The molecule has 0 bridgehead atoms. The van der Waals surface area contributed by atoms with Gasteiger partial charge in [-0.2, -0.15) is 0 Å². The van der Waals surface area contributed by atoms with Crippen molar-refractivity contribution >= 4 is 23.5 Å². The van der Waals surface area contributed by atoms with E-state index in [0.29, 0.717) is 24.3 Å². The number of ether oxygens (including phenoxy) is 1. The van der Waals surface area contributed by atoms with Crippen LogP contribution >= 0.6 is 0 Å². The second-order valence-corrected chi connectivity index (χ2v) is 6.35. The van der Waals surface area contributed by atoms with Crippen molar-refractivity contribution in [2.75, 3.05) is 18.5 Å². The van der Waals surface area contributed by atoms with E-state index < -0.39 is 18.5 Å². The first-order valence-electron chi connectivity index (χ1n) is 9.34. The van der Waals surface area contributed by atoms with Gasteiger partial charge in [0, 0.05) is 17.8 Å². The normalized spacial score (nSPS) is 10.3. The highest BCUT2D eigenvalue weighted by Crippen LogP contribution is 2.11. The SMILES string of the molecule is CCNC(=O)c1cccc(NC(=O)COC(=O)c2cn(Cc3ccccc3)nn2)c1. The van der Waals surface area contributed by atoms with Gasteiger partial charge in [0.1, 0.15) is 0 Å². The Morgan fingerprint density at radius 3 is 2.63 bits per heavy atom. The van der Waals surface area contributed by atoms with E-state index in [1.807, 2.05) is 37.3 Å². The van der Waals surface area contributed by atoms with Crippen LogP contribution in [0.4, 0.5) is 5.69 Å². The van der Waals surface area contributed by atoms with E-state index >= 15 is 0 Å². The molecular weight excluding hydrogens is 386 g/mol. The van der Waals surface area contributed by atoms with Crippen LogP contribution in [0, 0.1) is 0 Å². The van der Waals surface area contributed by atoms with E-state index in [-0.39, 0.29) is 11.6 Å². The van der Waals surface area contributed by atoms with Crippen LogP contribution in [0.2, 0.25) is 0 Å². The highest BCUT2D eigenvalue weighted by Gasteiger charge is 2.15. The van der Waals surface area contributed by atoms with E-state index in [2.05, 4.69) is 20.9 Å². The maximum absolute atomic E-state index is 12.1. The molecule has 1 aromatic heterocycles. The minimum atomic E-state index is -0.750. The molecular formula is C21H21N5O4. The molecule has 154 valence electrons. The third kappa shape index (κ3) is 5.74. The summed E-state index contributed by atoms with van der Waals surface area (Å²) in [4.78, 5) is 36.0. The van der Waals surface area contributed by atoms with Crippen molar-refractivity contribution in [2.45, 2.75) is 13.5 Å². The largest absolute Gasteiger partial charge is 0.451 e. The number of nitrogens with one attached hydrogen (secondary N) is 2. The molecule has 0 aliphatic rings. The Morgan fingerprint density at radius 2 is 1.87 bits per heavy atom. The molecule has 0 saturated carbocycles. The van der Waals surface area contributed by atoms with Crippen molar-refractivity contribution in [3.8, 4) is 0 Å². The fraction of sp³-hybridized carbons (Fsp3) is 0.190. The number of carbonyl (C=O) groups is 3. The lowest BCUT2D eigenvalue weighted by atomic mass is 10.2. The number of hydrogen-bond acceptors (Lipinski definition) is 6. The molecule has 0 saturated heterocycles. The van der Waals surface area contributed by atoms with Crippen molar-refractivity contribution in [2.24, 2.45) is 0 Å². The van der Waals surface area contributed by atoms with Crippen LogP contribution in [0.15, 0.2) is 60.8 Å². The van der Waals surface area contributed by atoms with Gasteiger partial charge < -0.3 is 15.4 Å². The van der Waals surface area contributed by atoms with Gasteiger partial charge >= 0.3 is 5.97 Å². The van der Waals surface area contributed by atoms with Crippen molar-refractivity contribution in [1.82, 2.24) is 20.3 Å². The van der Waals surface area contributed by atoms with Gasteiger partial charge in [0.2, 0.25) is 0 Å². The van der Waals surface area contributed by atoms with Gasteiger partial charge in [-0.05, 0) is 30.7 Å². The van der Waals surface area contributed by atoms with Crippen LogP contribution in [-0.4, -0.2) is 45.9 Å². The van der Waals surface area contributed by atoms with Gasteiger partial charge in [-0.1, -0.05) is 41.6 Å².